The molecule has 0 unspecified atom stereocenters. The summed E-state index contributed by atoms with van der Waals surface area (Å²) in [4.78, 5) is 25.7. The molecule has 6 heteroatoms. The Morgan fingerprint density at radius 2 is 1.65 bits per heavy atom. The van der Waals surface area contributed by atoms with Crippen molar-refractivity contribution in [3.8, 4) is 0 Å². The molecule has 1 fully saturated rings. The van der Waals surface area contributed by atoms with E-state index in [4.69, 9.17) is 9.16 Å². The second-order valence-corrected chi connectivity index (χ2v) is 15.0. The average molecular weight is 386 g/mol. The molecule has 1 heterocycles. The van der Waals surface area contributed by atoms with Crippen LogP contribution in [0.1, 0.15) is 67.2 Å². The van der Waals surface area contributed by atoms with Crippen LogP contribution in [0.4, 0.5) is 4.79 Å². The van der Waals surface area contributed by atoms with Crippen molar-refractivity contribution >= 4 is 20.7 Å². The van der Waals surface area contributed by atoms with E-state index < -0.39 is 13.9 Å². The maximum atomic E-state index is 12.2. The second kappa shape index (κ2) is 8.42. The van der Waals surface area contributed by atoms with E-state index in [9.17, 15) is 9.59 Å². The molecule has 1 aliphatic heterocycles. The van der Waals surface area contributed by atoms with Crippen molar-refractivity contribution in [3.05, 3.63) is 0 Å². The number of aldehydes is 1. The van der Waals surface area contributed by atoms with Crippen molar-refractivity contribution in [2.75, 3.05) is 19.7 Å². The van der Waals surface area contributed by atoms with Gasteiger partial charge in [-0.3, -0.25) is 0 Å². The van der Waals surface area contributed by atoms with Gasteiger partial charge in [0.25, 0.3) is 0 Å². The zero-order valence-electron chi connectivity index (χ0n) is 18.1. The summed E-state index contributed by atoms with van der Waals surface area (Å²) in [6.07, 6.45) is 3.95. The molecule has 0 aromatic carbocycles. The third-order valence-electron chi connectivity index (χ3n) is 5.75. The fraction of sp³-hybridized carbons (Fsp3) is 0.900. The Bertz CT molecular complexity index is 483. The highest BCUT2D eigenvalue weighted by Crippen LogP contribution is 2.38. The molecule has 1 rings (SSSR count). The van der Waals surface area contributed by atoms with Crippen LogP contribution < -0.4 is 0 Å². The molecular weight excluding hydrogens is 346 g/mol. The molecule has 152 valence electrons. The lowest BCUT2D eigenvalue weighted by molar-refractivity contribution is -0.119. The molecule has 0 aromatic heterocycles. The lowest BCUT2D eigenvalue weighted by Gasteiger charge is -2.39. The van der Waals surface area contributed by atoms with Crippen LogP contribution in [0.15, 0.2) is 0 Å². The van der Waals surface area contributed by atoms with Gasteiger partial charge in [-0.2, -0.15) is 0 Å². The smallest absolute Gasteiger partial charge is 0.410 e. The monoisotopic (exact) mass is 385 g/mol. The Labute approximate surface area is 160 Å². The number of rotatable bonds is 6. The van der Waals surface area contributed by atoms with E-state index >= 15 is 0 Å². The predicted molar refractivity (Wildman–Crippen MR) is 108 cm³/mol. The van der Waals surface area contributed by atoms with Crippen LogP contribution in [0.3, 0.4) is 0 Å². The van der Waals surface area contributed by atoms with Crippen LogP contribution in [0.25, 0.3) is 0 Å². The van der Waals surface area contributed by atoms with Gasteiger partial charge in [0.15, 0.2) is 8.32 Å². The molecular formula is C20H39NO4Si. The highest BCUT2D eigenvalue weighted by Gasteiger charge is 2.39. The van der Waals surface area contributed by atoms with Gasteiger partial charge in [0.05, 0.1) is 0 Å². The molecule has 0 bridgehead atoms. The number of likely N-dealkylation sites (tertiary alicyclic amines) is 1. The third-order valence-corrected chi connectivity index (χ3v) is 10.3. The summed E-state index contributed by atoms with van der Waals surface area (Å²) in [7, 11) is -1.73. The summed E-state index contributed by atoms with van der Waals surface area (Å²) in [5, 5.41) is 0.202. The van der Waals surface area contributed by atoms with E-state index in [-0.39, 0.29) is 16.5 Å². The van der Waals surface area contributed by atoms with Crippen molar-refractivity contribution < 1.29 is 18.8 Å². The zero-order chi connectivity index (χ0) is 20.2. The molecule has 1 aliphatic rings. The van der Waals surface area contributed by atoms with Gasteiger partial charge in [-0.05, 0) is 64.6 Å². The predicted octanol–water partition coefficient (Wildman–Crippen LogP) is 5.00. The van der Waals surface area contributed by atoms with Gasteiger partial charge >= 0.3 is 6.09 Å². The van der Waals surface area contributed by atoms with Gasteiger partial charge in [-0.15, -0.1) is 0 Å². The topological polar surface area (TPSA) is 55.8 Å². The first kappa shape index (κ1) is 23.2. The Kier molecular flexibility index (Phi) is 7.50. The van der Waals surface area contributed by atoms with E-state index in [1.807, 2.05) is 20.8 Å². The minimum absolute atomic E-state index is 0.202. The number of piperidine rings is 1. The number of carbonyl (C=O) groups excluding carboxylic acids is 2. The van der Waals surface area contributed by atoms with Crippen molar-refractivity contribution in [2.24, 2.45) is 5.41 Å². The Morgan fingerprint density at radius 1 is 1.12 bits per heavy atom. The highest BCUT2D eigenvalue weighted by atomic mass is 28.4. The molecule has 1 amide bonds. The zero-order valence-corrected chi connectivity index (χ0v) is 19.1. The SMILES string of the molecule is CC(C)(C)OC(=O)N1CCC(C=O)(CCCO[Si](C)(C)C(C)(C)C)CC1. The molecule has 26 heavy (non-hydrogen) atoms. The van der Waals surface area contributed by atoms with Crippen molar-refractivity contribution in [1.82, 2.24) is 4.90 Å². The number of nitrogens with zero attached hydrogens (tertiary/aromatic N) is 1. The Hall–Kier alpha value is -0.883. The van der Waals surface area contributed by atoms with Gasteiger partial charge in [-0.25, -0.2) is 4.79 Å². The minimum atomic E-state index is -1.73. The maximum Gasteiger partial charge on any atom is 0.410 e. The fourth-order valence-electron chi connectivity index (χ4n) is 2.86. The Balaban J connectivity index is 2.48. The van der Waals surface area contributed by atoms with Gasteiger partial charge in [-0.1, -0.05) is 20.8 Å². The van der Waals surface area contributed by atoms with Crippen LogP contribution in [0, 0.1) is 5.41 Å². The van der Waals surface area contributed by atoms with Crippen LogP contribution >= 0.6 is 0 Å². The summed E-state index contributed by atoms with van der Waals surface area (Å²) in [5.74, 6) is 0. The minimum Gasteiger partial charge on any atom is -0.444 e. The Morgan fingerprint density at radius 3 is 2.08 bits per heavy atom. The largest absolute Gasteiger partial charge is 0.444 e. The molecule has 0 N–H and O–H groups in total. The molecule has 0 atom stereocenters. The lowest BCUT2D eigenvalue weighted by atomic mass is 9.76. The quantitative estimate of drug-likeness (QED) is 0.366. The van der Waals surface area contributed by atoms with Crippen LogP contribution in [0.5, 0.6) is 0 Å². The second-order valence-electron chi connectivity index (χ2n) is 10.2. The molecule has 0 spiro atoms. The normalized spacial score (nSPS) is 18.5. The molecule has 5 nitrogen and oxygen atoms in total. The third kappa shape index (κ3) is 6.69. The van der Waals surface area contributed by atoms with E-state index in [1.165, 1.54) is 0 Å². The van der Waals surface area contributed by atoms with E-state index in [0.717, 1.165) is 19.1 Å². The lowest BCUT2D eigenvalue weighted by Crippen LogP contribution is -2.46. The molecule has 0 radical (unpaired) electrons. The van der Waals surface area contributed by atoms with Gasteiger partial charge < -0.3 is 18.9 Å². The maximum absolute atomic E-state index is 12.2. The first-order valence-corrected chi connectivity index (χ1v) is 12.7. The first-order valence-electron chi connectivity index (χ1n) is 9.80. The van der Waals surface area contributed by atoms with E-state index in [0.29, 0.717) is 32.5 Å². The van der Waals surface area contributed by atoms with E-state index in [1.54, 1.807) is 4.90 Å². The van der Waals surface area contributed by atoms with Crippen molar-refractivity contribution in [3.63, 3.8) is 0 Å². The van der Waals surface area contributed by atoms with Gasteiger partial charge in [0.2, 0.25) is 0 Å². The van der Waals surface area contributed by atoms with Crippen molar-refractivity contribution in [1.29, 1.82) is 0 Å². The summed E-state index contributed by atoms with van der Waals surface area (Å²) in [6, 6.07) is 0. The summed E-state index contributed by atoms with van der Waals surface area (Å²) in [6.45, 7) is 18.7. The summed E-state index contributed by atoms with van der Waals surface area (Å²) in [5.41, 5.74) is -0.813. The van der Waals surface area contributed by atoms with Crippen LogP contribution in [-0.2, 0) is 14.0 Å². The average Bonchev–Trinajstić information content (AvgIpc) is 2.49. The van der Waals surface area contributed by atoms with Gasteiger partial charge in [0.1, 0.15) is 11.9 Å². The van der Waals surface area contributed by atoms with E-state index in [2.05, 4.69) is 33.9 Å². The van der Waals surface area contributed by atoms with Gasteiger partial charge in [0, 0.05) is 25.1 Å². The van der Waals surface area contributed by atoms with Crippen molar-refractivity contribution in [2.45, 2.75) is 91.0 Å². The molecule has 0 aliphatic carbocycles. The first-order chi connectivity index (χ1) is 11.7. The molecule has 0 aromatic rings. The highest BCUT2D eigenvalue weighted by molar-refractivity contribution is 6.74. The number of hydrogen-bond acceptors (Lipinski definition) is 4. The fourth-order valence-corrected chi connectivity index (χ4v) is 3.94. The number of hydrogen-bond donors (Lipinski definition) is 0. The molecule has 1 saturated heterocycles. The van der Waals surface area contributed by atoms with Crippen LogP contribution in [-0.4, -0.2) is 50.9 Å². The standard InChI is InChI=1S/C20H39NO4Si/c1-18(2,3)25-17(23)21-13-11-20(16-22,12-14-21)10-9-15-24-26(7,8)19(4,5)6/h16H,9-15H2,1-8H3. The molecule has 0 saturated carbocycles. The summed E-state index contributed by atoms with van der Waals surface area (Å²) < 4.78 is 11.7. The van der Waals surface area contributed by atoms with Crippen LogP contribution in [0.2, 0.25) is 18.1 Å². The number of amides is 1. The number of ether oxygens (including phenoxy) is 1. The number of carbonyl (C=O) groups is 2. The summed E-state index contributed by atoms with van der Waals surface area (Å²) >= 11 is 0.